The molecule has 2 rings (SSSR count). The summed E-state index contributed by atoms with van der Waals surface area (Å²) in [5.41, 5.74) is 2.05. The number of benzene rings is 2. The molecule has 1 amide bonds. The van der Waals surface area contributed by atoms with Crippen LogP contribution < -0.4 is 9.64 Å². The Balaban J connectivity index is 1.89. The molecular formula is C23H29NO5. The molecule has 6 nitrogen and oxygen atoms in total. The molecule has 0 saturated carbocycles. The van der Waals surface area contributed by atoms with Crippen molar-refractivity contribution in [1.29, 1.82) is 0 Å². The highest BCUT2D eigenvalue weighted by Gasteiger charge is 2.21. The van der Waals surface area contributed by atoms with Gasteiger partial charge in [-0.3, -0.25) is 9.69 Å². The number of nitrogens with zero attached hydrogens (tertiary/aromatic N) is 1. The normalized spacial score (nSPS) is 11.0. The summed E-state index contributed by atoms with van der Waals surface area (Å²) in [6.45, 7) is 6.05. The number of anilines is 1. The Labute approximate surface area is 172 Å². The van der Waals surface area contributed by atoms with Crippen molar-refractivity contribution in [3.63, 3.8) is 0 Å². The van der Waals surface area contributed by atoms with Crippen molar-refractivity contribution in [3.05, 3.63) is 59.7 Å². The molecule has 0 fully saturated rings. The molecule has 2 aromatic rings. The fourth-order valence-corrected chi connectivity index (χ4v) is 2.81. The van der Waals surface area contributed by atoms with Crippen LogP contribution in [0.25, 0.3) is 0 Å². The molecule has 0 atom stereocenters. The molecule has 1 N–H and O–H groups in total. The third-order valence-corrected chi connectivity index (χ3v) is 4.16. The predicted molar refractivity (Wildman–Crippen MR) is 113 cm³/mol. The molecule has 0 aliphatic rings. The van der Waals surface area contributed by atoms with Crippen LogP contribution >= 0.6 is 0 Å². The predicted octanol–water partition coefficient (Wildman–Crippen LogP) is 4.70. The summed E-state index contributed by atoms with van der Waals surface area (Å²) in [5.74, 6) is -0.146. The zero-order chi connectivity index (χ0) is 21.4. The van der Waals surface area contributed by atoms with Crippen molar-refractivity contribution >= 4 is 17.7 Å². The minimum absolute atomic E-state index is 0.00221. The Morgan fingerprint density at radius 2 is 1.69 bits per heavy atom. The summed E-state index contributed by atoms with van der Waals surface area (Å²) < 4.78 is 11.2. The number of rotatable bonds is 8. The average molecular weight is 399 g/mol. The molecule has 0 heterocycles. The SMILES string of the molecule is CN(C(=O)OC(C)(C)C)c1ccccc1CCCOc1ccc(CC(=O)O)cc1. The van der Waals surface area contributed by atoms with E-state index in [1.807, 2.05) is 45.0 Å². The molecule has 29 heavy (non-hydrogen) atoms. The third kappa shape index (κ3) is 7.49. The van der Waals surface area contributed by atoms with Crippen LogP contribution in [0.4, 0.5) is 10.5 Å². The van der Waals surface area contributed by atoms with E-state index in [-0.39, 0.29) is 12.5 Å². The van der Waals surface area contributed by atoms with Crippen LogP contribution in [0.5, 0.6) is 5.75 Å². The van der Waals surface area contributed by atoms with Crippen molar-refractivity contribution in [1.82, 2.24) is 0 Å². The smallest absolute Gasteiger partial charge is 0.414 e. The van der Waals surface area contributed by atoms with Gasteiger partial charge in [0.1, 0.15) is 11.4 Å². The highest BCUT2D eigenvalue weighted by Crippen LogP contribution is 2.23. The number of hydrogen-bond donors (Lipinski definition) is 1. The fraction of sp³-hybridized carbons (Fsp3) is 0.391. The first-order chi connectivity index (χ1) is 13.7. The molecule has 0 bridgehead atoms. The summed E-state index contributed by atoms with van der Waals surface area (Å²) in [4.78, 5) is 24.6. The number of carboxylic acid groups (broad SMARTS) is 1. The molecule has 0 spiro atoms. The van der Waals surface area contributed by atoms with Gasteiger partial charge < -0.3 is 14.6 Å². The van der Waals surface area contributed by atoms with Crippen molar-refractivity contribution in [2.24, 2.45) is 0 Å². The van der Waals surface area contributed by atoms with Crippen LogP contribution in [0.3, 0.4) is 0 Å². The maximum absolute atomic E-state index is 12.4. The van der Waals surface area contributed by atoms with E-state index in [4.69, 9.17) is 14.6 Å². The number of hydrogen-bond acceptors (Lipinski definition) is 4. The standard InChI is InChI=1S/C23H29NO5/c1-23(2,3)29-22(27)24(4)20-10-6-5-8-18(20)9-7-15-28-19-13-11-17(12-14-19)16-21(25)26/h5-6,8,10-14H,7,9,15-16H2,1-4H3,(H,25,26). The number of para-hydroxylation sites is 1. The molecule has 156 valence electrons. The molecule has 0 unspecified atom stereocenters. The second-order valence-electron chi connectivity index (χ2n) is 7.83. The molecule has 0 saturated heterocycles. The van der Waals surface area contributed by atoms with Crippen LogP contribution in [0, 0.1) is 0 Å². The van der Waals surface area contributed by atoms with E-state index in [0.717, 1.165) is 29.7 Å². The van der Waals surface area contributed by atoms with E-state index in [2.05, 4.69) is 0 Å². The highest BCUT2D eigenvalue weighted by molar-refractivity contribution is 5.88. The first-order valence-electron chi connectivity index (χ1n) is 9.64. The maximum atomic E-state index is 12.4. The largest absolute Gasteiger partial charge is 0.494 e. The van der Waals surface area contributed by atoms with Crippen LogP contribution in [-0.2, 0) is 22.4 Å². The summed E-state index contributed by atoms with van der Waals surface area (Å²) in [7, 11) is 1.71. The number of ether oxygens (including phenoxy) is 2. The molecule has 6 heteroatoms. The number of carboxylic acids is 1. The monoisotopic (exact) mass is 399 g/mol. The summed E-state index contributed by atoms with van der Waals surface area (Å²) >= 11 is 0. The van der Waals surface area contributed by atoms with E-state index in [0.29, 0.717) is 12.4 Å². The quantitative estimate of drug-likeness (QED) is 0.651. The van der Waals surface area contributed by atoms with Gasteiger partial charge in [0.05, 0.1) is 13.0 Å². The first kappa shape index (κ1) is 22.3. The molecule has 2 aromatic carbocycles. The Morgan fingerprint density at radius 1 is 1.03 bits per heavy atom. The Morgan fingerprint density at radius 3 is 2.31 bits per heavy atom. The minimum Gasteiger partial charge on any atom is -0.494 e. The maximum Gasteiger partial charge on any atom is 0.414 e. The number of aliphatic carboxylic acids is 1. The molecule has 0 radical (unpaired) electrons. The van der Waals surface area contributed by atoms with E-state index in [9.17, 15) is 9.59 Å². The highest BCUT2D eigenvalue weighted by atomic mass is 16.6. The van der Waals surface area contributed by atoms with Gasteiger partial charge in [-0.1, -0.05) is 30.3 Å². The van der Waals surface area contributed by atoms with Crippen LogP contribution in [0.15, 0.2) is 48.5 Å². The van der Waals surface area contributed by atoms with Gasteiger partial charge in [-0.2, -0.15) is 0 Å². The zero-order valence-corrected chi connectivity index (χ0v) is 17.5. The average Bonchev–Trinajstić information content (AvgIpc) is 2.64. The lowest BCUT2D eigenvalue weighted by Gasteiger charge is -2.26. The van der Waals surface area contributed by atoms with Gasteiger partial charge in [0.15, 0.2) is 0 Å². The molecule has 0 aliphatic carbocycles. The third-order valence-electron chi connectivity index (χ3n) is 4.16. The van der Waals surface area contributed by atoms with Gasteiger partial charge in [0.2, 0.25) is 0 Å². The minimum atomic E-state index is -0.853. The molecule has 0 aromatic heterocycles. The van der Waals surface area contributed by atoms with Crippen LogP contribution in [0.1, 0.15) is 38.3 Å². The van der Waals surface area contributed by atoms with Gasteiger partial charge in [-0.15, -0.1) is 0 Å². The molecule has 0 aliphatic heterocycles. The number of carbonyl (C=O) groups is 2. The lowest BCUT2D eigenvalue weighted by molar-refractivity contribution is -0.136. The molecular weight excluding hydrogens is 370 g/mol. The zero-order valence-electron chi connectivity index (χ0n) is 17.5. The lowest BCUT2D eigenvalue weighted by atomic mass is 10.1. The van der Waals surface area contributed by atoms with Gasteiger partial charge in [-0.25, -0.2) is 4.79 Å². The first-order valence-corrected chi connectivity index (χ1v) is 9.64. The second-order valence-corrected chi connectivity index (χ2v) is 7.83. The van der Waals surface area contributed by atoms with Gasteiger partial charge in [0.25, 0.3) is 0 Å². The summed E-state index contributed by atoms with van der Waals surface area (Å²) in [6, 6.07) is 14.8. The van der Waals surface area contributed by atoms with Crippen molar-refractivity contribution in [2.45, 2.75) is 45.6 Å². The topological polar surface area (TPSA) is 76.1 Å². The lowest BCUT2D eigenvalue weighted by Crippen LogP contribution is -2.34. The summed E-state index contributed by atoms with van der Waals surface area (Å²) in [6.07, 6.45) is 1.14. The number of aryl methyl sites for hydroxylation is 1. The Kier molecular flexibility index (Phi) is 7.65. The van der Waals surface area contributed by atoms with Crippen molar-refractivity contribution < 1.29 is 24.2 Å². The second kappa shape index (κ2) is 9.96. The van der Waals surface area contributed by atoms with E-state index >= 15 is 0 Å². The van der Waals surface area contributed by atoms with Gasteiger partial charge in [0, 0.05) is 12.7 Å². The summed E-state index contributed by atoms with van der Waals surface area (Å²) in [5, 5.41) is 8.81. The van der Waals surface area contributed by atoms with E-state index < -0.39 is 11.6 Å². The fourth-order valence-electron chi connectivity index (χ4n) is 2.81. The van der Waals surface area contributed by atoms with Gasteiger partial charge >= 0.3 is 12.1 Å². The van der Waals surface area contributed by atoms with Crippen LogP contribution in [0.2, 0.25) is 0 Å². The Hall–Kier alpha value is -3.02. The van der Waals surface area contributed by atoms with Gasteiger partial charge in [-0.05, 0) is 62.9 Å². The van der Waals surface area contributed by atoms with Crippen molar-refractivity contribution in [3.8, 4) is 5.75 Å². The van der Waals surface area contributed by atoms with Crippen molar-refractivity contribution in [2.75, 3.05) is 18.6 Å². The number of carbonyl (C=O) groups excluding carboxylic acids is 1. The Bertz CT molecular complexity index is 824. The van der Waals surface area contributed by atoms with E-state index in [1.54, 1.807) is 31.3 Å². The number of amides is 1. The van der Waals surface area contributed by atoms with E-state index in [1.165, 1.54) is 4.90 Å². The van der Waals surface area contributed by atoms with Crippen LogP contribution in [-0.4, -0.2) is 36.4 Å².